The SMILES string of the molecule is CCCS(=O)(=O)c1ccccc1SC(C)C(=O)N(C)C1CCNCC1.Cl. The average Bonchev–Trinajstić information content (AvgIpc) is 2.61. The van der Waals surface area contributed by atoms with Gasteiger partial charge in [0, 0.05) is 18.0 Å². The van der Waals surface area contributed by atoms with Crippen molar-refractivity contribution in [2.45, 2.75) is 54.2 Å². The van der Waals surface area contributed by atoms with Crippen molar-refractivity contribution in [3.05, 3.63) is 24.3 Å². The van der Waals surface area contributed by atoms with Gasteiger partial charge in [0.05, 0.1) is 15.9 Å². The minimum Gasteiger partial charge on any atom is -0.342 e. The Morgan fingerprint density at radius 1 is 1.31 bits per heavy atom. The number of amides is 1. The summed E-state index contributed by atoms with van der Waals surface area (Å²) in [5, 5.41) is 2.98. The van der Waals surface area contributed by atoms with Crippen molar-refractivity contribution in [1.82, 2.24) is 10.2 Å². The van der Waals surface area contributed by atoms with E-state index in [1.807, 2.05) is 31.9 Å². The predicted octanol–water partition coefficient (Wildman–Crippen LogP) is 2.98. The predicted molar refractivity (Wildman–Crippen MR) is 110 cm³/mol. The summed E-state index contributed by atoms with van der Waals surface area (Å²) >= 11 is 1.34. The molecule has 0 aliphatic carbocycles. The average molecular weight is 421 g/mol. The van der Waals surface area contributed by atoms with E-state index in [4.69, 9.17) is 0 Å². The number of rotatable bonds is 7. The van der Waals surface area contributed by atoms with Crippen LogP contribution in [0.1, 0.15) is 33.1 Å². The zero-order chi connectivity index (χ0) is 18.4. The van der Waals surface area contributed by atoms with Crippen LogP contribution in [0.3, 0.4) is 0 Å². The molecule has 1 aromatic rings. The second-order valence-electron chi connectivity index (χ2n) is 6.46. The van der Waals surface area contributed by atoms with Crippen LogP contribution in [0.25, 0.3) is 0 Å². The van der Waals surface area contributed by atoms with Gasteiger partial charge in [-0.3, -0.25) is 4.79 Å². The molecule has 1 unspecified atom stereocenters. The Morgan fingerprint density at radius 2 is 1.92 bits per heavy atom. The summed E-state index contributed by atoms with van der Waals surface area (Å²) < 4.78 is 24.9. The van der Waals surface area contributed by atoms with Crippen LogP contribution in [0.15, 0.2) is 34.1 Å². The summed E-state index contributed by atoms with van der Waals surface area (Å²) in [4.78, 5) is 15.6. The van der Waals surface area contributed by atoms with Crippen LogP contribution in [0, 0.1) is 0 Å². The molecule has 1 aliphatic rings. The number of piperidine rings is 1. The number of carbonyl (C=O) groups is 1. The molecule has 8 heteroatoms. The maximum atomic E-state index is 12.8. The van der Waals surface area contributed by atoms with Gasteiger partial charge in [0.15, 0.2) is 9.84 Å². The first-order valence-electron chi connectivity index (χ1n) is 8.82. The van der Waals surface area contributed by atoms with Crippen molar-refractivity contribution < 1.29 is 13.2 Å². The van der Waals surface area contributed by atoms with Gasteiger partial charge in [-0.1, -0.05) is 19.1 Å². The summed E-state index contributed by atoms with van der Waals surface area (Å²) in [7, 11) is -1.45. The summed E-state index contributed by atoms with van der Waals surface area (Å²) in [6.45, 7) is 5.57. The summed E-state index contributed by atoms with van der Waals surface area (Å²) in [5.41, 5.74) is 0. The zero-order valence-electron chi connectivity index (χ0n) is 15.6. The van der Waals surface area contributed by atoms with Crippen molar-refractivity contribution in [3.63, 3.8) is 0 Å². The van der Waals surface area contributed by atoms with Gasteiger partial charge in [-0.05, 0) is 51.4 Å². The van der Waals surface area contributed by atoms with Gasteiger partial charge in [0.2, 0.25) is 5.91 Å². The highest BCUT2D eigenvalue weighted by molar-refractivity contribution is 8.01. The highest BCUT2D eigenvalue weighted by atomic mass is 35.5. The highest BCUT2D eigenvalue weighted by Crippen LogP contribution is 2.31. The number of hydrogen-bond acceptors (Lipinski definition) is 5. The molecule has 1 heterocycles. The van der Waals surface area contributed by atoms with Crippen molar-refractivity contribution in [1.29, 1.82) is 0 Å². The smallest absolute Gasteiger partial charge is 0.235 e. The Kier molecular flexibility index (Phi) is 9.44. The molecule has 1 atom stereocenters. The quantitative estimate of drug-likeness (QED) is 0.687. The Hall–Kier alpha value is -0.760. The molecule has 0 spiro atoms. The molecule has 0 aromatic heterocycles. The first-order chi connectivity index (χ1) is 11.9. The van der Waals surface area contributed by atoms with E-state index in [0.717, 1.165) is 25.9 Å². The second-order valence-corrected chi connectivity index (χ2v) is 9.92. The number of halogens is 1. The molecule has 1 saturated heterocycles. The fourth-order valence-electron chi connectivity index (χ4n) is 3.08. The number of nitrogens with zero attached hydrogens (tertiary/aromatic N) is 1. The van der Waals surface area contributed by atoms with Gasteiger partial charge in [-0.25, -0.2) is 8.42 Å². The van der Waals surface area contributed by atoms with Crippen LogP contribution in [0.2, 0.25) is 0 Å². The lowest BCUT2D eigenvalue weighted by Crippen LogP contribution is -2.46. The van der Waals surface area contributed by atoms with Gasteiger partial charge < -0.3 is 10.2 Å². The van der Waals surface area contributed by atoms with Gasteiger partial charge in [0.25, 0.3) is 0 Å². The molecule has 0 bridgehead atoms. The van der Waals surface area contributed by atoms with E-state index >= 15 is 0 Å². The molecule has 1 aromatic carbocycles. The maximum absolute atomic E-state index is 12.8. The van der Waals surface area contributed by atoms with Gasteiger partial charge >= 0.3 is 0 Å². The Balaban J connectivity index is 0.00000338. The van der Waals surface area contributed by atoms with Crippen molar-refractivity contribution in [2.75, 3.05) is 25.9 Å². The van der Waals surface area contributed by atoms with Gasteiger partial charge in [-0.15, -0.1) is 24.2 Å². The highest BCUT2D eigenvalue weighted by Gasteiger charge is 2.27. The molecular weight excluding hydrogens is 392 g/mol. The first-order valence-corrected chi connectivity index (χ1v) is 11.4. The Morgan fingerprint density at radius 3 is 2.54 bits per heavy atom. The molecule has 148 valence electrons. The molecule has 1 aliphatic heterocycles. The third-order valence-corrected chi connectivity index (χ3v) is 7.78. The van der Waals surface area contributed by atoms with Crippen molar-refractivity contribution >= 4 is 39.9 Å². The van der Waals surface area contributed by atoms with E-state index in [2.05, 4.69) is 5.32 Å². The number of nitrogens with one attached hydrogen (secondary N) is 1. The molecule has 5 nitrogen and oxygen atoms in total. The minimum absolute atomic E-state index is 0. The van der Waals surface area contributed by atoms with E-state index in [-0.39, 0.29) is 35.4 Å². The molecule has 1 fully saturated rings. The number of carbonyl (C=O) groups excluding carboxylic acids is 1. The molecule has 1 N–H and O–H groups in total. The maximum Gasteiger partial charge on any atom is 0.235 e. The van der Waals surface area contributed by atoms with Crippen LogP contribution in [-0.4, -0.2) is 56.4 Å². The summed E-state index contributed by atoms with van der Waals surface area (Å²) in [6, 6.07) is 7.25. The third kappa shape index (κ3) is 5.87. The standard InChI is InChI=1S/C18H28N2O3S2.ClH/c1-4-13-25(22,23)17-8-6-5-7-16(17)24-14(2)18(21)20(3)15-9-11-19-12-10-15;/h5-8,14-15,19H,4,9-13H2,1-3H3;1H. The largest absolute Gasteiger partial charge is 0.342 e. The normalized spacial score (nSPS) is 16.6. The Labute approximate surface area is 167 Å². The molecule has 0 saturated carbocycles. The fraction of sp³-hybridized carbons (Fsp3) is 0.611. The van der Waals surface area contributed by atoms with Crippen LogP contribution < -0.4 is 5.32 Å². The van der Waals surface area contributed by atoms with Gasteiger partial charge in [-0.2, -0.15) is 0 Å². The van der Waals surface area contributed by atoms with E-state index < -0.39 is 9.84 Å². The molecule has 0 radical (unpaired) electrons. The molecular formula is C18H29ClN2O3S2. The first kappa shape index (κ1) is 23.3. The lowest BCUT2D eigenvalue weighted by atomic mass is 10.1. The van der Waals surface area contributed by atoms with E-state index in [0.29, 0.717) is 16.2 Å². The van der Waals surface area contributed by atoms with Gasteiger partial charge in [0.1, 0.15) is 0 Å². The lowest BCUT2D eigenvalue weighted by Gasteiger charge is -2.33. The number of benzene rings is 1. The monoisotopic (exact) mass is 420 g/mol. The van der Waals surface area contributed by atoms with E-state index in [1.54, 1.807) is 18.2 Å². The number of hydrogen-bond donors (Lipinski definition) is 1. The van der Waals surface area contributed by atoms with Crippen LogP contribution >= 0.6 is 24.2 Å². The van der Waals surface area contributed by atoms with Crippen molar-refractivity contribution in [2.24, 2.45) is 0 Å². The van der Waals surface area contributed by atoms with Crippen LogP contribution in [-0.2, 0) is 14.6 Å². The fourth-order valence-corrected chi connectivity index (χ4v) is 6.02. The van der Waals surface area contributed by atoms with E-state index in [9.17, 15) is 13.2 Å². The molecule has 2 rings (SSSR count). The van der Waals surface area contributed by atoms with E-state index in [1.165, 1.54) is 11.8 Å². The third-order valence-electron chi connectivity index (χ3n) is 4.51. The topological polar surface area (TPSA) is 66.5 Å². The zero-order valence-corrected chi connectivity index (χ0v) is 18.1. The number of sulfone groups is 1. The summed E-state index contributed by atoms with van der Waals surface area (Å²) in [5.74, 6) is 0.182. The molecule has 1 amide bonds. The summed E-state index contributed by atoms with van der Waals surface area (Å²) in [6.07, 6.45) is 2.50. The second kappa shape index (κ2) is 10.5. The van der Waals surface area contributed by atoms with Crippen LogP contribution in [0.4, 0.5) is 0 Å². The van der Waals surface area contributed by atoms with Crippen LogP contribution in [0.5, 0.6) is 0 Å². The molecule has 26 heavy (non-hydrogen) atoms. The lowest BCUT2D eigenvalue weighted by molar-refractivity contribution is -0.131. The van der Waals surface area contributed by atoms with Crippen molar-refractivity contribution in [3.8, 4) is 0 Å². The Bertz CT molecular complexity index is 691. The number of thioether (sulfide) groups is 1. The minimum atomic E-state index is -3.31.